The molecule has 1 aliphatic carbocycles. The van der Waals surface area contributed by atoms with E-state index in [9.17, 15) is 18.4 Å². The molecular weight excluding hydrogens is 504 g/mol. The molecule has 0 atom stereocenters. The fraction of sp³-hybridized carbons (Fsp3) is 0.586. The van der Waals surface area contributed by atoms with Crippen LogP contribution in [0.25, 0.3) is 0 Å². The summed E-state index contributed by atoms with van der Waals surface area (Å²) in [5.41, 5.74) is 2.06. The third-order valence-corrected chi connectivity index (χ3v) is 8.37. The highest BCUT2D eigenvalue weighted by atomic mass is 19.3. The van der Waals surface area contributed by atoms with Crippen LogP contribution < -0.4 is 9.80 Å². The molecule has 39 heavy (non-hydrogen) atoms. The summed E-state index contributed by atoms with van der Waals surface area (Å²) < 4.78 is 27.5. The van der Waals surface area contributed by atoms with Gasteiger partial charge in [0.15, 0.2) is 0 Å². The number of piperazine rings is 1. The van der Waals surface area contributed by atoms with Gasteiger partial charge in [0.25, 0.3) is 5.91 Å². The molecule has 1 saturated heterocycles. The molecule has 5 rings (SSSR count). The Morgan fingerprint density at radius 1 is 1.03 bits per heavy atom. The average Bonchev–Trinajstić information content (AvgIpc) is 3.13. The minimum atomic E-state index is -2.57. The number of aliphatic carboxylic acids is 1. The molecule has 2 aliphatic heterocycles. The maximum atomic E-state index is 13.8. The number of halogens is 2. The number of carbonyl (C=O) groups is 2. The first kappa shape index (κ1) is 27.3. The van der Waals surface area contributed by atoms with Crippen molar-refractivity contribution in [2.45, 2.75) is 82.7 Å². The smallest absolute Gasteiger partial charge is 0.307 e. The van der Waals surface area contributed by atoms with E-state index in [1.807, 2.05) is 30.9 Å². The summed E-state index contributed by atoms with van der Waals surface area (Å²) in [7, 11) is 0. The summed E-state index contributed by atoms with van der Waals surface area (Å²) in [5, 5.41) is 8.99. The van der Waals surface area contributed by atoms with Crippen molar-refractivity contribution < 1.29 is 23.5 Å². The number of hydrogen-bond acceptors (Lipinski definition) is 6. The lowest BCUT2D eigenvalue weighted by Gasteiger charge is -2.47. The normalized spacial score (nSPS) is 22.1. The second-order valence-electron chi connectivity index (χ2n) is 12.4. The van der Waals surface area contributed by atoms with E-state index in [1.54, 1.807) is 18.3 Å². The molecule has 0 bridgehead atoms. The molecule has 10 heteroatoms. The van der Waals surface area contributed by atoms with E-state index in [0.29, 0.717) is 50.3 Å². The molecule has 2 fully saturated rings. The van der Waals surface area contributed by atoms with Gasteiger partial charge in [-0.3, -0.25) is 9.59 Å². The Labute approximate surface area is 228 Å². The van der Waals surface area contributed by atoms with Gasteiger partial charge >= 0.3 is 5.97 Å². The van der Waals surface area contributed by atoms with Gasteiger partial charge < -0.3 is 19.8 Å². The largest absolute Gasteiger partial charge is 0.481 e. The van der Waals surface area contributed by atoms with Crippen LogP contribution in [0, 0.1) is 0 Å². The Morgan fingerprint density at radius 3 is 2.36 bits per heavy atom. The molecule has 2 aromatic heterocycles. The van der Waals surface area contributed by atoms with Gasteiger partial charge in [-0.15, -0.1) is 0 Å². The van der Waals surface area contributed by atoms with Crippen LogP contribution in [0.5, 0.6) is 0 Å². The third-order valence-electron chi connectivity index (χ3n) is 8.37. The molecular formula is C29H37F2N5O3. The monoisotopic (exact) mass is 541 g/mol. The number of hydrogen-bond donors (Lipinski definition) is 1. The Morgan fingerprint density at radius 2 is 1.74 bits per heavy atom. The maximum absolute atomic E-state index is 13.8. The fourth-order valence-electron chi connectivity index (χ4n) is 6.30. The number of fused-ring (bicyclic) bond motifs is 1. The van der Waals surface area contributed by atoms with E-state index >= 15 is 0 Å². The number of carbonyl (C=O) groups excluding carboxylic acids is 1. The maximum Gasteiger partial charge on any atom is 0.307 e. The van der Waals surface area contributed by atoms with Crippen LogP contribution in [-0.2, 0) is 16.6 Å². The van der Waals surface area contributed by atoms with Crippen molar-refractivity contribution in [3.05, 3.63) is 47.4 Å². The van der Waals surface area contributed by atoms with Gasteiger partial charge in [0.05, 0.1) is 23.3 Å². The summed E-state index contributed by atoms with van der Waals surface area (Å²) in [5.74, 6) is -2.84. The number of rotatable bonds is 5. The standard InChI is InChI=1S/C29H37F2N5O3/c1-27(2)17-35(20-9-11-29(30,31)12-10-20)22-7-6-21(33-25(22)27)26(39)36-14-13-34(18-28(36,3)4)23-8-5-19(16-32-23)15-24(37)38/h5-8,16,20H,9-15,17-18H2,1-4H3,(H,37,38). The van der Waals surface area contributed by atoms with Gasteiger partial charge in [-0.1, -0.05) is 19.9 Å². The van der Waals surface area contributed by atoms with Gasteiger partial charge in [0.1, 0.15) is 11.5 Å². The molecule has 8 nitrogen and oxygen atoms in total. The molecule has 0 unspecified atom stereocenters. The van der Waals surface area contributed by atoms with E-state index < -0.39 is 17.4 Å². The first-order chi connectivity index (χ1) is 18.3. The van der Waals surface area contributed by atoms with Crippen molar-refractivity contribution >= 4 is 23.4 Å². The van der Waals surface area contributed by atoms with Crippen molar-refractivity contribution in [2.24, 2.45) is 0 Å². The van der Waals surface area contributed by atoms with Gasteiger partial charge in [-0.05, 0) is 50.5 Å². The van der Waals surface area contributed by atoms with Gasteiger partial charge in [0.2, 0.25) is 5.92 Å². The van der Waals surface area contributed by atoms with Crippen molar-refractivity contribution in [3.8, 4) is 0 Å². The summed E-state index contributed by atoms with van der Waals surface area (Å²) in [4.78, 5) is 40.2. The molecule has 1 saturated carbocycles. The van der Waals surface area contributed by atoms with Gasteiger partial charge in [-0.2, -0.15) is 0 Å². The Bertz CT molecular complexity index is 1250. The predicted octanol–water partition coefficient (Wildman–Crippen LogP) is 4.52. The molecule has 1 N–H and O–H groups in total. The molecule has 1 amide bonds. The van der Waals surface area contributed by atoms with Crippen LogP contribution in [0.4, 0.5) is 20.3 Å². The lowest BCUT2D eigenvalue weighted by Crippen LogP contribution is -2.61. The summed E-state index contributed by atoms with van der Waals surface area (Å²) in [6.07, 6.45) is 2.26. The SMILES string of the molecule is CC1(C)CN(C2CCC(F)(F)CC2)c2ccc(C(=O)N3CCN(c4ccc(CC(=O)O)cn4)CC3(C)C)nc21. The molecule has 0 aromatic carbocycles. The van der Waals surface area contributed by atoms with Crippen molar-refractivity contribution in [3.63, 3.8) is 0 Å². The summed E-state index contributed by atoms with van der Waals surface area (Å²) >= 11 is 0. The minimum absolute atomic E-state index is 0.0623. The van der Waals surface area contributed by atoms with Gasteiger partial charge in [0, 0.05) is 56.7 Å². The number of carboxylic acids is 1. The zero-order valence-corrected chi connectivity index (χ0v) is 23.1. The second-order valence-corrected chi connectivity index (χ2v) is 12.4. The number of carboxylic acid groups (broad SMARTS) is 1. The fourth-order valence-corrected chi connectivity index (χ4v) is 6.30. The highest BCUT2D eigenvalue weighted by Gasteiger charge is 2.44. The van der Waals surface area contributed by atoms with Crippen LogP contribution in [0.1, 0.15) is 75.1 Å². The average molecular weight is 542 g/mol. The molecule has 4 heterocycles. The molecule has 210 valence electrons. The predicted molar refractivity (Wildman–Crippen MR) is 145 cm³/mol. The number of alkyl halides is 2. The highest BCUT2D eigenvalue weighted by molar-refractivity contribution is 5.93. The number of pyridine rings is 2. The summed E-state index contributed by atoms with van der Waals surface area (Å²) in [6.45, 7) is 10.6. The third kappa shape index (κ3) is 5.43. The number of nitrogens with zero attached hydrogens (tertiary/aromatic N) is 5. The molecule has 0 radical (unpaired) electrons. The minimum Gasteiger partial charge on any atom is -0.481 e. The topological polar surface area (TPSA) is 89.9 Å². The first-order valence-corrected chi connectivity index (χ1v) is 13.7. The summed E-state index contributed by atoms with van der Waals surface area (Å²) in [6, 6.07) is 7.39. The van der Waals surface area contributed by atoms with Crippen molar-refractivity contribution in [1.82, 2.24) is 14.9 Å². The Kier molecular flexibility index (Phi) is 6.79. The van der Waals surface area contributed by atoms with E-state index in [1.165, 1.54) is 0 Å². The van der Waals surface area contributed by atoms with Crippen molar-refractivity contribution in [2.75, 3.05) is 36.0 Å². The first-order valence-electron chi connectivity index (χ1n) is 13.7. The second kappa shape index (κ2) is 9.71. The Balaban J connectivity index is 1.31. The number of anilines is 2. The quantitative estimate of drug-likeness (QED) is 0.595. The number of aromatic nitrogens is 2. The van der Waals surface area contributed by atoms with E-state index in [4.69, 9.17) is 10.1 Å². The van der Waals surface area contributed by atoms with Crippen LogP contribution in [0.2, 0.25) is 0 Å². The van der Waals surface area contributed by atoms with Crippen LogP contribution >= 0.6 is 0 Å². The van der Waals surface area contributed by atoms with E-state index in [-0.39, 0.29) is 36.6 Å². The molecule has 3 aliphatic rings. The van der Waals surface area contributed by atoms with Crippen LogP contribution in [0.3, 0.4) is 0 Å². The van der Waals surface area contributed by atoms with E-state index in [0.717, 1.165) is 17.2 Å². The number of amides is 1. The van der Waals surface area contributed by atoms with Crippen LogP contribution in [-0.4, -0.2) is 75.5 Å². The van der Waals surface area contributed by atoms with E-state index in [2.05, 4.69) is 28.6 Å². The van der Waals surface area contributed by atoms with Crippen molar-refractivity contribution in [1.29, 1.82) is 0 Å². The zero-order chi connectivity index (χ0) is 28.2. The zero-order valence-electron chi connectivity index (χ0n) is 23.1. The Hall–Kier alpha value is -3.30. The molecule has 2 aromatic rings. The lowest BCUT2D eigenvalue weighted by atomic mass is 9.89. The van der Waals surface area contributed by atoms with Gasteiger partial charge in [-0.25, -0.2) is 18.7 Å². The lowest BCUT2D eigenvalue weighted by molar-refractivity contribution is -0.136. The molecule has 0 spiro atoms. The highest BCUT2D eigenvalue weighted by Crippen LogP contribution is 2.44. The van der Waals surface area contributed by atoms with Crippen LogP contribution in [0.15, 0.2) is 30.5 Å².